The van der Waals surface area contributed by atoms with E-state index in [1.165, 1.54) is 19.1 Å². The molecule has 2 heterocycles. The lowest BCUT2D eigenvalue weighted by Crippen LogP contribution is -2.12. The Balaban J connectivity index is 1.56. The molecule has 0 unspecified atom stereocenters. The number of hydrogen-bond donors (Lipinski definition) is 2. The number of anilines is 1. The van der Waals surface area contributed by atoms with Gasteiger partial charge in [0.2, 0.25) is 0 Å². The molecule has 0 spiro atoms. The Labute approximate surface area is 132 Å². The molecule has 1 fully saturated rings. The van der Waals surface area contributed by atoms with Crippen molar-refractivity contribution in [3.63, 3.8) is 0 Å². The number of aromatic amines is 1. The van der Waals surface area contributed by atoms with Gasteiger partial charge in [0.1, 0.15) is 5.82 Å². The molecule has 0 saturated heterocycles. The van der Waals surface area contributed by atoms with Crippen LogP contribution < -0.4 is 5.32 Å². The minimum atomic E-state index is -0.265. The Morgan fingerprint density at radius 3 is 2.96 bits per heavy atom. The van der Waals surface area contributed by atoms with Gasteiger partial charge in [-0.1, -0.05) is 12.1 Å². The third-order valence-electron chi connectivity index (χ3n) is 3.91. The number of rotatable bonds is 4. The fourth-order valence-corrected chi connectivity index (χ4v) is 2.47. The summed E-state index contributed by atoms with van der Waals surface area (Å²) in [6, 6.07) is 9.24. The summed E-state index contributed by atoms with van der Waals surface area (Å²) in [5.74, 6) is 2.18. The summed E-state index contributed by atoms with van der Waals surface area (Å²) < 4.78 is 5.21. The van der Waals surface area contributed by atoms with Crippen LogP contribution >= 0.6 is 0 Å². The number of carbonyl (C=O) groups excluding carboxylic acids is 1. The molecule has 116 valence electrons. The molecule has 23 heavy (non-hydrogen) atoms. The number of amides is 1. The highest BCUT2D eigenvalue weighted by atomic mass is 16.3. The first-order valence-electron chi connectivity index (χ1n) is 7.59. The Kier molecular flexibility index (Phi) is 3.22. The first-order chi connectivity index (χ1) is 11.2. The van der Waals surface area contributed by atoms with Crippen LogP contribution in [0.4, 0.5) is 5.69 Å². The van der Waals surface area contributed by atoms with Gasteiger partial charge in [0, 0.05) is 22.7 Å². The second kappa shape index (κ2) is 5.39. The number of carbonyl (C=O) groups is 1. The molecule has 0 atom stereocenters. The molecule has 1 saturated carbocycles. The molecule has 1 amide bonds. The summed E-state index contributed by atoms with van der Waals surface area (Å²) in [6.07, 6.45) is 3.86. The zero-order chi connectivity index (χ0) is 15.8. The summed E-state index contributed by atoms with van der Waals surface area (Å²) in [5.41, 5.74) is 2.35. The van der Waals surface area contributed by atoms with Gasteiger partial charge in [0.15, 0.2) is 11.6 Å². The van der Waals surface area contributed by atoms with Crippen molar-refractivity contribution in [3.8, 4) is 11.4 Å². The first-order valence-corrected chi connectivity index (χ1v) is 7.59. The molecule has 3 aromatic rings. The van der Waals surface area contributed by atoms with Gasteiger partial charge in [0.25, 0.3) is 5.91 Å². The number of nitrogens with one attached hydrogen (secondary N) is 2. The number of nitrogens with zero attached hydrogens (tertiary/aromatic N) is 2. The molecule has 0 bridgehead atoms. The van der Waals surface area contributed by atoms with Gasteiger partial charge in [-0.25, -0.2) is 4.98 Å². The van der Waals surface area contributed by atoms with Gasteiger partial charge in [0.05, 0.1) is 6.26 Å². The maximum absolute atomic E-state index is 12.2. The quantitative estimate of drug-likeness (QED) is 0.772. The number of H-pyrrole nitrogens is 1. The molecule has 6 heteroatoms. The summed E-state index contributed by atoms with van der Waals surface area (Å²) in [5, 5.41) is 10.1. The van der Waals surface area contributed by atoms with Crippen molar-refractivity contribution in [3.05, 3.63) is 53.7 Å². The fraction of sp³-hybridized carbons (Fsp3) is 0.235. The number of aryl methyl sites for hydroxylation is 1. The van der Waals surface area contributed by atoms with E-state index in [-0.39, 0.29) is 5.91 Å². The zero-order valence-electron chi connectivity index (χ0n) is 12.7. The van der Waals surface area contributed by atoms with Gasteiger partial charge in [-0.15, -0.1) is 0 Å². The summed E-state index contributed by atoms with van der Waals surface area (Å²) in [4.78, 5) is 16.7. The minimum absolute atomic E-state index is 0.265. The Morgan fingerprint density at radius 2 is 2.22 bits per heavy atom. The maximum Gasteiger partial charge on any atom is 0.291 e. The average Bonchev–Trinajstić information content (AvgIpc) is 3.11. The van der Waals surface area contributed by atoms with Crippen LogP contribution in [0.15, 0.2) is 41.0 Å². The van der Waals surface area contributed by atoms with Crippen LogP contribution in [0.5, 0.6) is 0 Å². The predicted molar refractivity (Wildman–Crippen MR) is 85.2 cm³/mol. The maximum atomic E-state index is 12.2. The van der Waals surface area contributed by atoms with E-state index in [9.17, 15) is 4.79 Å². The van der Waals surface area contributed by atoms with Crippen molar-refractivity contribution >= 4 is 11.6 Å². The lowest BCUT2D eigenvalue weighted by Gasteiger charge is -2.05. The smallest absolute Gasteiger partial charge is 0.291 e. The lowest BCUT2D eigenvalue weighted by atomic mass is 10.2. The van der Waals surface area contributed by atoms with Crippen molar-refractivity contribution < 1.29 is 9.21 Å². The SMILES string of the molecule is Cc1ccoc1C(=O)Nc1cccc(-c2n[nH]c(C3CC3)n2)c1. The van der Waals surface area contributed by atoms with Gasteiger partial charge in [-0.3, -0.25) is 9.89 Å². The molecular weight excluding hydrogens is 292 g/mol. The Morgan fingerprint density at radius 1 is 1.35 bits per heavy atom. The highest BCUT2D eigenvalue weighted by molar-refractivity contribution is 6.03. The van der Waals surface area contributed by atoms with Crippen molar-refractivity contribution in [2.75, 3.05) is 5.32 Å². The predicted octanol–water partition coefficient (Wildman–Crippen LogP) is 3.50. The van der Waals surface area contributed by atoms with E-state index < -0.39 is 0 Å². The van der Waals surface area contributed by atoms with Crippen LogP contribution in [0.25, 0.3) is 11.4 Å². The molecule has 2 N–H and O–H groups in total. The lowest BCUT2D eigenvalue weighted by molar-refractivity contribution is 0.0996. The Bertz CT molecular complexity index is 861. The number of furan rings is 1. The van der Waals surface area contributed by atoms with Crippen LogP contribution in [0.1, 0.15) is 40.7 Å². The van der Waals surface area contributed by atoms with Crippen molar-refractivity contribution in [2.45, 2.75) is 25.7 Å². The second-order valence-corrected chi connectivity index (χ2v) is 5.79. The van der Waals surface area contributed by atoms with Crippen LogP contribution in [0, 0.1) is 6.92 Å². The molecular formula is C17H16N4O2. The van der Waals surface area contributed by atoms with Crippen molar-refractivity contribution in [1.82, 2.24) is 15.2 Å². The molecule has 1 aliphatic rings. The topological polar surface area (TPSA) is 83.8 Å². The van der Waals surface area contributed by atoms with Gasteiger partial charge < -0.3 is 9.73 Å². The molecule has 0 radical (unpaired) electrons. The first kappa shape index (κ1) is 13.8. The van der Waals surface area contributed by atoms with Crippen LogP contribution in [-0.4, -0.2) is 21.1 Å². The molecule has 1 aliphatic carbocycles. The van der Waals surface area contributed by atoms with Crippen LogP contribution in [-0.2, 0) is 0 Å². The average molecular weight is 308 g/mol. The third-order valence-corrected chi connectivity index (χ3v) is 3.91. The van der Waals surface area contributed by atoms with Gasteiger partial charge >= 0.3 is 0 Å². The van der Waals surface area contributed by atoms with E-state index >= 15 is 0 Å². The molecule has 6 nitrogen and oxygen atoms in total. The normalized spacial score (nSPS) is 14.0. The van der Waals surface area contributed by atoms with E-state index in [0.29, 0.717) is 23.2 Å². The van der Waals surface area contributed by atoms with Gasteiger partial charge in [-0.05, 0) is 38.0 Å². The minimum Gasteiger partial charge on any atom is -0.459 e. The number of benzene rings is 1. The highest BCUT2D eigenvalue weighted by Gasteiger charge is 2.27. The second-order valence-electron chi connectivity index (χ2n) is 5.79. The van der Waals surface area contributed by atoms with Crippen molar-refractivity contribution in [2.24, 2.45) is 0 Å². The van der Waals surface area contributed by atoms with E-state index in [1.807, 2.05) is 31.2 Å². The molecule has 2 aromatic heterocycles. The fourth-order valence-electron chi connectivity index (χ4n) is 2.47. The summed E-state index contributed by atoms with van der Waals surface area (Å²) in [7, 11) is 0. The molecule has 1 aromatic carbocycles. The number of aromatic nitrogens is 3. The highest BCUT2D eigenvalue weighted by Crippen LogP contribution is 2.38. The zero-order valence-corrected chi connectivity index (χ0v) is 12.7. The van der Waals surface area contributed by atoms with E-state index in [0.717, 1.165) is 17.0 Å². The van der Waals surface area contributed by atoms with Crippen LogP contribution in [0.3, 0.4) is 0 Å². The van der Waals surface area contributed by atoms with Crippen molar-refractivity contribution in [1.29, 1.82) is 0 Å². The Hall–Kier alpha value is -2.89. The molecule has 0 aliphatic heterocycles. The monoisotopic (exact) mass is 308 g/mol. The number of hydrogen-bond acceptors (Lipinski definition) is 4. The molecule has 4 rings (SSSR count). The van der Waals surface area contributed by atoms with Crippen LogP contribution in [0.2, 0.25) is 0 Å². The largest absolute Gasteiger partial charge is 0.459 e. The summed E-state index contributed by atoms with van der Waals surface area (Å²) in [6.45, 7) is 1.84. The van der Waals surface area contributed by atoms with E-state index in [1.54, 1.807) is 6.07 Å². The summed E-state index contributed by atoms with van der Waals surface area (Å²) >= 11 is 0. The standard InChI is InChI=1S/C17H16N4O2/c1-10-7-8-23-14(10)17(22)18-13-4-2-3-12(9-13)16-19-15(20-21-16)11-5-6-11/h2-4,7-9,11H,5-6H2,1H3,(H,18,22)(H,19,20,21). The third kappa shape index (κ3) is 2.75. The van der Waals surface area contributed by atoms with E-state index in [4.69, 9.17) is 4.42 Å². The van der Waals surface area contributed by atoms with Gasteiger partial charge in [-0.2, -0.15) is 5.10 Å². The van der Waals surface area contributed by atoms with E-state index in [2.05, 4.69) is 20.5 Å².